The molecule has 2 fully saturated rings. The number of ketones is 1. The van der Waals surface area contributed by atoms with E-state index >= 15 is 0 Å². The number of amides is 1. The number of aliphatic hydroxyl groups excluding tert-OH is 1. The van der Waals surface area contributed by atoms with E-state index in [-0.39, 0.29) is 11.3 Å². The number of aliphatic hydroxyl groups is 1. The maximum atomic E-state index is 13.2. The van der Waals surface area contributed by atoms with Crippen LogP contribution < -0.4 is 4.74 Å². The van der Waals surface area contributed by atoms with Crippen molar-refractivity contribution in [3.63, 3.8) is 0 Å². The van der Waals surface area contributed by atoms with E-state index < -0.39 is 17.7 Å². The van der Waals surface area contributed by atoms with E-state index in [1.807, 2.05) is 51.1 Å². The molecule has 34 heavy (non-hydrogen) atoms. The minimum atomic E-state index is -0.654. The average molecular weight is 465 g/mol. The molecule has 1 unspecified atom stereocenters. The zero-order chi connectivity index (χ0) is 24.2. The number of carbonyl (C=O) groups excluding carboxylic acids is 2. The van der Waals surface area contributed by atoms with Gasteiger partial charge in [-0.05, 0) is 50.1 Å². The van der Waals surface area contributed by atoms with Gasteiger partial charge in [-0.25, -0.2) is 0 Å². The molecule has 0 aromatic heterocycles. The van der Waals surface area contributed by atoms with Crippen molar-refractivity contribution >= 4 is 17.4 Å². The highest BCUT2D eigenvalue weighted by molar-refractivity contribution is 6.46. The Bertz CT molecular complexity index is 1090. The van der Waals surface area contributed by atoms with Gasteiger partial charge in [-0.15, -0.1) is 0 Å². The van der Waals surface area contributed by atoms with Crippen LogP contribution in [0.25, 0.3) is 5.76 Å². The van der Waals surface area contributed by atoms with Crippen molar-refractivity contribution in [3.8, 4) is 5.75 Å². The summed E-state index contributed by atoms with van der Waals surface area (Å²) in [5.41, 5.74) is 3.30. The summed E-state index contributed by atoms with van der Waals surface area (Å²) in [6.45, 7) is 10.2. The molecule has 0 bridgehead atoms. The zero-order valence-corrected chi connectivity index (χ0v) is 20.0. The minimum Gasteiger partial charge on any atom is -0.507 e. The number of morpholine rings is 1. The van der Waals surface area contributed by atoms with Crippen LogP contribution in [0.3, 0.4) is 0 Å². The first-order valence-corrected chi connectivity index (χ1v) is 11.8. The van der Waals surface area contributed by atoms with Crippen molar-refractivity contribution in [2.75, 3.05) is 46.0 Å². The van der Waals surface area contributed by atoms with Gasteiger partial charge in [0.25, 0.3) is 11.7 Å². The number of rotatable bonds is 7. The van der Waals surface area contributed by atoms with Gasteiger partial charge < -0.3 is 19.5 Å². The fourth-order valence-corrected chi connectivity index (χ4v) is 4.58. The van der Waals surface area contributed by atoms with Crippen LogP contribution in [0.15, 0.2) is 48.0 Å². The number of likely N-dealkylation sites (tertiary alicyclic amines) is 1. The van der Waals surface area contributed by atoms with Crippen LogP contribution in [0, 0.1) is 13.8 Å². The second-order valence-electron chi connectivity index (χ2n) is 8.77. The molecule has 2 saturated heterocycles. The average Bonchev–Trinajstić information content (AvgIpc) is 3.08. The molecule has 7 heteroatoms. The van der Waals surface area contributed by atoms with Gasteiger partial charge in [-0.1, -0.05) is 29.8 Å². The van der Waals surface area contributed by atoms with Crippen molar-refractivity contribution in [3.05, 3.63) is 70.3 Å². The first-order valence-electron chi connectivity index (χ1n) is 11.8. The Balaban J connectivity index is 1.74. The van der Waals surface area contributed by atoms with Gasteiger partial charge in [-0.2, -0.15) is 0 Å². The summed E-state index contributed by atoms with van der Waals surface area (Å²) in [6.07, 6.45) is 0. The molecule has 2 heterocycles. The largest absolute Gasteiger partial charge is 0.507 e. The monoisotopic (exact) mass is 464 g/mol. The molecule has 0 spiro atoms. The smallest absolute Gasteiger partial charge is 0.295 e. The SMILES string of the molecule is CCOc1ccc(/C(O)=C2/C(=O)C(=O)N(CCN3CCOCC3)C2c2ccc(C)cc2)c(C)c1. The molecule has 2 aliphatic rings. The Morgan fingerprint density at radius 1 is 1.06 bits per heavy atom. The van der Waals surface area contributed by atoms with Gasteiger partial charge >= 0.3 is 0 Å². The van der Waals surface area contributed by atoms with Gasteiger partial charge in [0.1, 0.15) is 11.5 Å². The molecule has 1 amide bonds. The Morgan fingerprint density at radius 3 is 2.41 bits per heavy atom. The molecule has 0 saturated carbocycles. The van der Waals surface area contributed by atoms with Crippen molar-refractivity contribution in [1.82, 2.24) is 9.80 Å². The quantitative estimate of drug-likeness (QED) is 0.384. The first kappa shape index (κ1) is 24.0. The molecule has 4 rings (SSSR count). The van der Waals surface area contributed by atoms with Gasteiger partial charge in [0.15, 0.2) is 0 Å². The van der Waals surface area contributed by atoms with Gasteiger partial charge in [0.05, 0.1) is 31.4 Å². The number of benzene rings is 2. The molecule has 180 valence electrons. The normalized spacial score (nSPS) is 20.7. The fourth-order valence-electron chi connectivity index (χ4n) is 4.58. The van der Waals surface area contributed by atoms with Crippen molar-refractivity contribution in [2.24, 2.45) is 0 Å². The maximum absolute atomic E-state index is 13.2. The van der Waals surface area contributed by atoms with Gasteiger partial charge in [0.2, 0.25) is 0 Å². The molecule has 0 radical (unpaired) electrons. The van der Waals surface area contributed by atoms with Crippen molar-refractivity contribution in [1.29, 1.82) is 0 Å². The summed E-state index contributed by atoms with van der Waals surface area (Å²) >= 11 is 0. The number of hydrogen-bond acceptors (Lipinski definition) is 6. The third-order valence-corrected chi connectivity index (χ3v) is 6.46. The fraction of sp³-hybridized carbons (Fsp3) is 0.407. The van der Waals surface area contributed by atoms with Gasteiger partial charge in [0, 0.05) is 31.7 Å². The van der Waals surface area contributed by atoms with Crippen molar-refractivity contribution in [2.45, 2.75) is 26.8 Å². The molecular weight excluding hydrogens is 432 g/mol. The number of carbonyl (C=O) groups is 2. The minimum absolute atomic E-state index is 0.128. The van der Waals surface area contributed by atoms with E-state index in [1.165, 1.54) is 0 Å². The Morgan fingerprint density at radius 2 is 1.76 bits per heavy atom. The topological polar surface area (TPSA) is 79.3 Å². The Hall–Kier alpha value is -3.16. The number of ether oxygens (including phenoxy) is 2. The molecule has 7 nitrogen and oxygen atoms in total. The molecule has 1 N–H and O–H groups in total. The first-order chi connectivity index (χ1) is 16.4. The van der Waals surface area contributed by atoms with E-state index in [1.54, 1.807) is 17.0 Å². The van der Waals surface area contributed by atoms with E-state index in [2.05, 4.69) is 4.90 Å². The lowest BCUT2D eigenvalue weighted by atomic mass is 9.93. The Kier molecular flexibility index (Phi) is 7.34. The van der Waals surface area contributed by atoms with E-state index in [9.17, 15) is 14.7 Å². The van der Waals surface area contributed by atoms with E-state index in [0.717, 1.165) is 29.8 Å². The zero-order valence-electron chi connectivity index (χ0n) is 20.0. The summed E-state index contributed by atoms with van der Waals surface area (Å²) in [5.74, 6) is -0.696. The number of hydrogen-bond donors (Lipinski definition) is 1. The van der Waals surface area contributed by atoms with Crippen LogP contribution in [-0.4, -0.2) is 72.6 Å². The molecule has 0 aliphatic carbocycles. The second kappa shape index (κ2) is 10.4. The second-order valence-corrected chi connectivity index (χ2v) is 8.77. The van der Waals surface area contributed by atoms with Crippen LogP contribution in [-0.2, 0) is 14.3 Å². The predicted molar refractivity (Wildman–Crippen MR) is 130 cm³/mol. The van der Waals surface area contributed by atoms with Crippen LogP contribution in [0.4, 0.5) is 0 Å². The summed E-state index contributed by atoms with van der Waals surface area (Å²) in [6, 6.07) is 12.4. The van der Waals surface area contributed by atoms with Crippen LogP contribution in [0.1, 0.15) is 35.2 Å². The number of nitrogens with zero attached hydrogens (tertiary/aromatic N) is 2. The highest BCUT2D eigenvalue weighted by atomic mass is 16.5. The van der Waals surface area contributed by atoms with Crippen LogP contribution in [0.2, 0.25) is 0 Å². The van der Waals surface area contributed by atoms with Crippen LogP contribution in [0.5, 0.6) is 5.75 Å². The predicted octanol–water partition coefficient (Wildman–Crippen LogP) is 3.46. The maximum Gasteiger partial charge on any atom is 0.295 e. The lowest BCUT2D eigenvalue weighted by Gasteiger charge is -2.31. The summed E-state index contributed by atoms with van der Waals surface area (Å²) in [4.78, 5) is 30.2. The van der Waals surface area contributed by atoms with Crippen molar-refractivity contribution < 1.29 is 24.2 Å². The lowest BCUT2D eigenvalue weighted by molar-refractivity contribution is -0.140. The summed E-state index contributed by atoms with van der Waals surface area (Å²) in [5, 5.41) is 11.3. The summed E-state index contributed by atoms with van der Waals surface area (Å²) in [7, 11) is 0. The lowest BCUT2D eigenvalue weighted by Crippen LogP contribution is -2.42. The van der Waals surface area contributed by atoms with E-state index in [4.69, 9.17) is 9.47 Å². The van der Waals surface area contributed by atoms with Crippen LogP contribution >= 0.6 is 0 Å². The standard InChI is InChI=1S/C27H32N2O5/c1-4-34-21-9-10-22(19(3)17-21)25(30)23-24(20-7-5-18(2)6-8-20)29(27(32)26(23)31)12-11-28-13-15-33-16-14-28/h5-10,17,24,30H,4,11-16H2,1-3H3/b25-23-. The molecule has 1 atom stereocenters. The number of Topliss-reactive ketones (excluding diaryl/α,β-unsaturated/α-hetero) is 1. The highest BCUT2D eigenvalue weighted by Gasteiger charge is 2.46. The highest BCUT2D eigenvalue weighted by Crippen LogP contribution is 2.40. The third kappa shape index (κ3) is 4.86. The summed E-state index contributed by atoms with van der Waals surface area (Å²) < 4.78 is 11.0. The molecular formula is C27H32N2O5. The third-order valence-electron chi connectivity index (χ3n) is 6.46. The van der Waals surface area contributed by atoms with E-state index in [0.29, 0.717) is 44.2 Å². The number of aryl methyl sites for hydroxylation is 2. The molecule has 2 aliphatic heterocycles. The van der Waals surface area contributed by atoms with Gasteiger partial charge in [-0.3, -0.25) is 14.5 Å². The molecule has 2 aromatic carbocycles. The Labute approximate surface area is 200 Å². The molecule has 2 aromatic rings.